The van der Waals surface area contributed by atoms with Crippen LogP contribution in [0, 0.1) is 0 Å². The van der Waals surface area contributed by atoms with E-state index in [1.807, 2.05) is 0 Å². The number of cyclic esters (lactones) is 2. The van der Waals surface area contributed by atoms with Crippen LogP contribution in [0.15, 0.2) is 35.3 Å². The molecule has 0 bridgehead atoms. The quantitative estimate of drug-likeness (QED) is 0.399. The van der Waals surface area contributed by atoms with Crippen molar-refractivity contribution in [3.63, 3.8) is 0 Å². The van der Waals surface area contributed by atoms with Crippen LogP contribution >= 0.6 is 0 Å². The minimum atomic E-state index is -2.06. The van der Waals surface area contributed by atoms with E-state index in [1.165, 1.54) is 21.0 Å². The first-order valence-corrected chi connectivity index (χ1v) is 9.45. The molecular weight excluding hydrogens is 407 g/mol. The first-order chi connectivity index (χ1) is 12.3. The molecule has 9 heteroatoms. The van der Waals surface area contributed by atoms with Gasteiger partial charge in [0.05, 0.1) is 0 Å². The number of aromatic nitrogens is 2. The second-order valence-electron chi connectivity index (χ2n) is 6.14. The van der Waals surface area contributed by atoms with Gasteiger partial charge in [-0.2, -0.15) is 0 Å². The van der Waals surface area contributed by atoms with Gasteiger partial charge in [0.25, 0.3) is 0 Å². The Kier molecular flexibility index (Phi) is 4.68. The summed E-state index contributed by atoms with van der Waals surface area (Å²) in [5.41, 5.74) is -1.61. The Labute approximate surface area is 155 Å². The Morgan fingerprint density at radius 2 is 1.77 bits per heavy atom. The molecule has 0 spiro atoms. The molecule has 0 radical (unpaired) electrons. The Balaban J connectivity index is 2.29. The second kappa shape index (κ2) is 6.66. The SMILES string of the molecule is COC(=O)C(c1c[se]nn1)C1(c2ccccc2)C(=O)OC(C)(C)OC1=O. The molecule has 1 aromatic heterocycles. The van der Waals surface area contributed by atoms with Crippen molar-refractivity contribution in [2.45, 2.75) is 31.0 Å². The minimum absolute atomic E-state index is 0.189. The van der Waals surface area contributed by atoms with Crippen molar-refractivity contribution in [3.05, 3.63) is 46.5 Å². The summed E-state index contributed by atoms with van der Waals surface area (Å²) in [4.78, 5) is 40.6. The fourth-order valence-electron chi connectivity index (χ4n) is 2.99. The molecule has 1 fully saturated rings. The van der Waals surface area contributed by atoms with Crippen molar-refractivity contribution in [1.82, 2.24) is 9.19 Å². The van der Waals surface area contributed by atoms with Crippen LogP contribution < -0.4 is 0 Å². The summed E-state index contributed by atoms with van der Waals surface area (Å²) in [5, 5.41) is 3.95. The molecule has 26 heavy (non-hydrogen) atoms. The predicted octanol–water partition coefficient (Wildman–Crippen LogP) is 0.564. The van der Waals surface area contributed by atoms with Gasteiger partial charge >= 0.3 is 155 Å². The summed E-state index contributed by atoms with van der Waals surface area (Å²) >= 11 is -0.318. The molecule has 2 heterocycles. The number of ether oxygens (including phenoxy) is 3. The molecule has 0 amide bonds. The summed E-state index contributed by atoms with van der Waals surface area (Å²) in [6.07, 6.45) is 0. The molecule has 0 N–H and O–H groups in total. The van der Waals surface area contributed by atoms with Gasteiger partial charge in [-0.15, -0.1) is 0 Å². The van der Waals surface area contributed by atoms with Crippen LogP contribution in [-0.2, 0) is 34.0 Å². The first-order valence-electron chi connectivity index (χ1n) is 7.70. The van der Waals surface area contributed by atoms with Crippen LogP contribution in [0.25, 0.3) is 0 Å². The molecule has 1 aliphatic heterocycles. The average molecular weight is 423 g/mol. The fraction of sp³-hybridized carbons (Fsp3) is 0.353. The molecular formula is C17H16N2O6Se. The van der Waals surface area contributed by atoms with Gasteiger partial charge in [0.1, 0.15) is 0 Å². The van der Waals surface area contributed by atoms with Crippen molar-refractivity contribution in [2.75, 3.05) is 7.11 Å². The van der Waals surface area contributed by atoms with Gasteiger partial charge in [0.2, 0.25) is 0 Å². The van der Waals surface area contributed by atoms with E-state index in [-0.39, 0.29) is 26.0 Å². The summed E-state index contributed by atoms with van der Waals surface area (Å²) in [6, 6.07) is 8.16. The van der Waals surface area contributed by atoms with E-state index in [9.17, 15) is 14.4 Å². The Hall–Kier alpha value is -2.51. The number of carbonyl (C=O) groups excluding carboxylic acids is 3. The zero-order chi connectivity index (χ0) is 18.9. The molecule has 1 aromatic carbocycles. The molecule has 2 aromatic rings. The van der Waals surface area contributed by atoms with Gasteiger partial charge in [-0.25, -0.2) is 0 Å². The van der Waals surface area contributed by atoms with Gasteiger partial charge in [-0.05, 0) is 0 Å². The molecule has 136 valence electrons. The van der Waals surface area contributed by atoms with E-state index in [2.05, 4.69) is 9.19 Å². The first kappa shape index (κ1) is 18.3. The predicted molar refractivity (Wildman–Crippen MR) is 88.1 cm³/mol. The van der Waals surface area contributed by atoms with Crippen molar-refractivity contribution in [3.8, 4) is 0 Å². The number of methoxy groups -OCH3 is 1. The number of hydrogen-bond acceptors (Lipinski definition) is 8. The second-order valence-corrected chi connectivity index (χ2v) is 7.42. The average Bonchev–Trinajstić information content (AvgIpc) is 3.11. The third-order valence-corrected chi connectivity index (χ3v) is 5.19. The molecule has 0 aliphatic carbocycles. The van der Waals surface area contributed by atoms with Gasteiger partial charge in [-0.3, -0.25) is 0 Å². The molecule has 1 saturated heterocycles. The van der Waals surface area contributed by atoms with E-state index in [0.29, 0.717) is 0 Å². The standard InChI is InChI=1S/C17H16N2O6Se/c1-16(2)24-14(21)17(15(22)25-16,10-7-5-4-6-8-10)12(13(20)23-3)11-9-26-19-18-11/h4-9,12H,1-3H3. The van der Waals surface area contributed by atoms with Gasteiger partial charge in [-0.1, -0.05) is 0 Å². The Bertz CT molecular complexity index is 814. The fourth-order valence-corrected chi connectivity index (χ4v) is 3.99. The molecule has 1 atom stereocenters. The summed E-state index contributed by atoms with van der Waals surface area (Å²) in [7, 11) is 1.18. The van der Waals surface area contributed by atoms with Crippen molar-refractivity contribution in [1.29, 1.82) is 0 Å². The monoisotopic (exact) mass is 424 g/mol. The summed E-state index contributed by atoms with van der Waals surface area (Å²) in [6.45, 7) is 2.89. The van der Waals surface area contributed by atoms with Crippen LogP contribution in [0.1, 0.15) is 31.0 Å². The molecule has 1 unspecified atom stereocenters. The van der Waals surface area contributed by atoms with Crippen LogP contribution in [0.2, 0.25) is 0 Å². The van der Waals surface area contributed by atoms with Crippen LogP contribution in [0.5, 0.6) is 0 Å². The molecule has 1 aliphatic rings. The zero-order valence-corrected chi connectivity index (χ0v) is 16.0. The topological polar surface area (TPSA) is 105 Å². The van der Waals surface area contributed by atoms with E-state index in [4.69, 9.17) is 14.2 Å². The number of rotatable bonds is 4. The number of nitrogens with zero attached hydrogens (tertiary/aromatic N) is 2. The molecule has 3 rings (SSSR count). The maximum absolute atomic E-state index is 13.1. The summed E-state index contributed by atoms with van der Waals surface area (Å²) < 4.78 is 19.5. The van der Waals surface area contributed by atoms with Gasteiger partial charge in [0.15, 0.2) is 0 Å². The summed E-state index contributed by atoms with van der Waals surface area (Å²) in [5.74, 6) is -5.39. The van der Waals surface area contributed by atoms with Crippen molar-refractivity contribution >= 4 is 32.6 Å². The van der Waals surface area contributed by atoms with Crippen LogP contribution in [0.3, 0.4) is 0 Å². The van der Waals surface area contributed by atoms with Crippen molar-refractivity contribution in [2.24, 2.45) is 0 Å². The number of esters is 3. The zero-order valence-electron chi connectivity index (χ0n) is 14.3. The van der Waals surface area contributed by atoms with Crippen molar-refractivity contribution < 1.29 is 28.6 Å². The number of carbonyl (C=O) groups is 3. The normalized spacial score (nSPS) is 19.2. The van der Waals surface area contributed by atoms with E-state index in [1.54, 1.807) is 35.3 Å². The molecule has 0 saturated carbocycles. The number of benzene rings is 1. The van der Waals surface area contributed by atoms with E-state index in [0.717, 1.165) is 0 Å². The number of hydrogen-bond donors (Lipinski definition) is 0. The van der Waals surface area contributed by atoms with Gasteiger partial charge in [0, 0.05) is 0 Å². The van der Waals surface area contributed by atoms with Crippen LogP contribution in [-0.4, -0.2) is 54.7 Å². The van der Waals surface area contributed by atoms with Gasteiger partial charge < -0.3 is 0 Å². The van der Waals surface area contributed by atoms with Crippen LogP contribution in [0.4, 0.5) is 0 Å². The van der Waals surface area contributed by atoms with E-state index >= 15 is 0 Å². The molecule has 8 nitrogen and oxygen atoms in total. The maximum atomic E-state index is 13.1. The van der Waals surface area contributed by atoms with E-state index < -0.39 is 35.0 Å². The third kappa shape index (κ3) is 2.83. The Morgan fingerprint density at radius 1 is 1.15 bits per heavy atom. The Morgan fingerprint density at radius 3 is 2.27 bits per heavy atom. The third-order valence-electron chi connectivity index (χ3n) is 4.09.